The van der Waals surface area contributed by atoms with Gasteiger partial charge in [0.1, 0.15) is 5.41 Å². The van der Waals surface area contributed by atoms with Gasteiger partial charge >= 0.3 is 0 Å². The van der Waals surface area contributed by atoms with Crippen molar-refractivity contribution in [3.63, 3.8) is 0 Å². The molecule has 140 valence electrons. The standard InChI is InChI=1S/C22H25N3O2/c1-16-15-18-5-3-4-6-19(18)25(16)21(27)22(10-11-22)20(26)24(2)14-9-17-7-12-23-13-8-17/h3-8,12-13,16H,9-11,14-15H2,1-2H3. The van der Waals surface area contributed by atoms with Crippen molar-refractivity contribution in [2.24, 2.45) is 5.41 Å². The van der Waals surface area contributed by atoms with Crippen molar-refractivity contribution in [1.82, 2.24) is 9.88 Å². The van der Waals surface area contributed by atoms with Crippen LogP contribution in [0.25, 0.3) is 0 Å². The molecule has 2 amide bonds. The van der Waals surface area contributed by atoms with Crippen molar-refractivity contribution in [3.8, 4) is 0 Å². The Bertz CT molecular complexity index is 861. The zero-order valence-electron chi connectivity index (χ0n) is 15.9. The summed E-state index contributed by atoms with van der Waals surface area (Å²) in [4.78, 5) is 34.1. The van der Waals surface area contributed by atoms with Gasteiger partial charge in [-0.2, -0.15) is 0 Å². The molecule has 1 saturated carbocycles. The van der Waals surface area contributed by atoms with Crippen LogP contribution in [0.2, 0.25) is 0 Å². The van der Waals surface area contributed by atoms with Crippen LogP contribution in [0.3, 0.4) is 0 Å². The number of amides is 2. The molecule has 0 radical (unpaired) electrons. The highest BCUT2D eigenvalue weighted by atomic mass is 16.2. The first-order valence-electron chi connectivity index (χ1n) is 9.59. The van der Waals surface area contributed by atoms with Gasteiger partial charge < -0.3 is 9.80 Å². The molecule has 1 fully saturated rings. The number of carbonyl (C=O) groups excluding carboxylic acids is 2. The Balaban J connectivity index is 1.48. The first-order chi connectivity index (χ1) is 13.0. The number of carbonyl (C=O) groups is 2. The fourth-order valence-electron chi connectivity index (χ4n) is 4.06. The molecule has 1 aliphatic carbocycles. The summed E-state index contributed by atoms with van der Waals surface area (Å²) in [6.45, 7) is 2.66. The van der Waals surface area contributed by atoms with Crippen LogP contribution >= 0.6 is 0 Å². The summed E-state index contributed by atoms with van der Waals surface area (Å²) in [6, 6.07) is 12.0. The number of likely N-dealkylation sites (N-methyl/N-ethyl adjacent to an activating group) is 1. The number of anilines is 1. The van der Waals surface area contributed by atoms with E-state index in [1.54, 1.807) is 24.3 Å². The van der Waals surface area contributed by atoms with Crippen LogP contribution in [0.1, 0.15) is 30.9 Å². The van der Waals surface area contributed by atoms with E-state index in [9.17, 15) is 9.59 Å². The summed E-state index contributed by atoms with van der Waals surface area (Å²) >= 11 is 0. The Kier molecular flexibility index (Phi) is 4.46. The molecule has 4 rings (SSSR count). The lowest BCUT2D eigenvalue weighted by Gasteiger charge is -2.29. The van der Waals surface area contributed by atoms with Gasteiger partial charge in [-0.1, -0.05) is 18.2 Å². The molecule has 5 heteroatoms. The van der Waals surface area contributed by atoms with Crippen molar-refractivity contribution < 1.29 is 9.59 Å². The van der Waals surface area contributed by atoms with Crippen LogP contribution in [0.4, 0.5) is 5.69 Å². The second kappa shape index (κ2) is 6.80. The molecule has 1 atom stereocenters. The Morgan fingerprint density at radius 1 is 1.19 bits per heavy atom. The number of hydrogen-bond donors (Lipinski definition) is 0. The highest BCUT2D eigenvalue weighted by molar-refractivity contribution is 6.14. The minimum absolute atomic E-state index is 0.0271. The molecule has 2 aliphatic rings. The highest BCUT2D eigenvalue weighted by Gasteiger charge is 2.60. The number of benzene rings is 1. The molecule has 1 aliphatic heterocycles. The maximum atomic E-state index is 13.4. The molecule has 5 nitrogen and oxygen atoms in total. The van der Waals surface area contributed by atoms with E-state index < -0.39 is 5.41 Å². The molecule has 0 spiro atoms. The number of rotatable bonds is 5. The first kappa shape index (κ1) is 17.7. The second-order valence-corrected chi connectivity index (χ2v) is 7.77. The van der Waals surface area contributed by atoms with Crippen molar-refractivity contribution >= 4 is 17.5 Å². The SMILES string of the molecule is CC1Cc2ccccc2N1C(=O)C1(C(=O)N(C)CCc2ccncc2)CC1. The lowest BCUT2D eigenvalue weighted by Crippen LogP contribution is -2.48. The van der Waals surface area contributed by atoms with Crippen LogP contribution in [0.5, 0.6) is 0 Å². The predicted octanol–water partition coefficient (Wildman–Crippen LogP) is 2.84. The van der Waals surface area contributed by atoms with Crippen molar-refractivity contribution in [3.05, 3.63) is 59.9 Å². The predicted molar refractivity (Wildman–Crippen MR) is 104 cm³/mol. The van der Waals surface area contributed by atoms with Gasteiger partial charge in [-0.15, -0.1) is 0 Å². The smallest absolute Gasteiger partial charge is 0.242 e. The van der Waals surface area contributed by atoms with Crippen LogP contribution in [0.15, 0.2) is 48.8 Å². The topological polar surface area (TPSA) is 53.5 Å². The highest BCUT2D eigenvalue weighted by Crippen LogP contribution is 2.50. The van der Waals surface area contributed by atoms with Crippen LogP contribution in [-0.4, -0.2) is 41.3 Å². The lowest BCUT2D eigenvalue weighted by molar-refractivity contribution is -0.142. The van der Waals surface area contributed by atoms with E-state index in [4.69, 9.17) is 0 Å². The average Bonchev–Trinajstić information content (AvgIpc) is 3.43. The van der Waals surface area contributed by atoms with E-state index in [2.05, 4.69) is 18.0 Å². The fourth-order valence-corrected chi connectivity index (χ4v) is 4.06. The van der Waals surface area contributed by atoms with Gasteiger partial charge in [0, 0.05) is 37.7 Å². The van der Waals surface area contributed by atoms with Gasteiger partial charge in [-0.05, 0) is 61.9 Å². The molecule has 0 bridgehead atoms. The molecular formula is C22H25N3O2. The lowest BCUT2D eigenvalue weighted by atomic mass is 10.0. The van der Waals surface area contributed by atoms with E-state index in [1.807, 2.05) is 35.2 Å². The van der Waals surface area contributed by atoms with Crippen LogP contribution in [0, 0.1) is 5.41 Å². The van der Waals surface area contributed by atoms with E-state index >= 15 is 0 Å². The quantitative estimate of drug-likeness (QED) is 0.768. The second-order valence-electron chi connectivity index (χ2n) is 7.77. The number of nitrogens with zero attached hydrogens (tertiary/aromatic N) is 3. The minimum atomic E-state index is -0.862. The molecule has 27 heavy (non-hydrogen) atoms. The van der Waals surface area contributed by atoms with Gasteiger partial charge in [0.15, 0.2) is 0 Å². The summed E-state index contributed by atoms with van der Waals surface area (Å²) in [6.07, 6.45) is 6.43. The van der Waals surface area contributed by atoms with Crippen molar-refractivity contribution in [2.75, 3.05) is 18.5 Å². The number of fused-ring (bicyclic) bond motifs is 1. The van der Waals surface area contributed by atoms with E-state index in [0.29, 0.717) is 19.4 Å². The normalized spacial score (nSPS) is 19.5. The third kappa shape index (κ3) is 3.11. The van der Waals surface area contributed by atoms with Gasteiger partial charge in [-0.25, -0.2) is 0 Å². The number of pyridine rings is 1. The summed E-state index contributed by atoms with van der Waals surface area (Å²) in [5, 5.41) is 0. The summed E-state index contributed by atoms with van der Waals surface area (Å²) in [7, 11) is 1.80. The zero-order chi connectivity index (χ0) is 19.0. The monoisotopic (exact) mass is 363 g/mol. The number of hydrogen-bond acceptors (Lipinski definition) is 3. The molecule has 1 aromatic carbocycles. The van der Waals surface area contributed by atoms with Gasteiger partial charge in [0.05, 0.1) is 0 Å². The summed E-state index contributed by atoms with van der Waals surface area (Å²) in [5.74, 6) is -0.0705. The molecule has 1 unspecified atom stereocenters. The molecule has 1 aromatic heterocycles. The van der Waals surface area contributed by atoms with E-state index in [0.717, 1.165) is 24.1 Å². The summed E-state index contributed by atoms with van der Waals surface area (Å²) < 4.78 is 0. The van der Waals surface area contributed by atoms with Crippen LogP contribution < -0.4 is 4.90 Å². The number of aromatic nitrogens is 1. The largest absolute Gasteiger partial charge is 0.344 e. The molecular weight excluding hydrogens is 338 g/mol. The minimum Gasteiger partial charge on any atom is -0.344 e. The maximum absolute atomic E-state index is 13.4. The van der Waals surface area contributed by atoms with E-state index in [1.165, 1.54) is 5.56 Å². The third-order valence-electron chi connectivity index (χ3n) is 5.83. The first-order valence-corrected chi connectivity index (χ1v) is 9.59. The molecule has 0 N–H and O–H groups in total. The van der Waals surface area contributed by atoms with Gasteiger partial charge in [0.2, 0.25) is 11.8 Å². The van der Waals surface area contributed by atoms with Crippen LogP contribution in [-0.2, 0) is 22.4 Å². The Hall–Kier alpha value is -2.69. The number of para-hydroxylation sites is 1. The zero-order valence-corrected chi connectivity index (χ0v) is 15.9. The average molecular weight is 363 g/mol. The summed E-state index contributed by atoms with van der Waals surface area (Å²) in [5.41, 5.74) is 2.43. The third-order valence-corrected chi connectivity index (χ3v) is 5.83. The van der Waals surface area contributed by atoms with E-state index in [-0.39, 0.29) is 17.9 Å². The van der Waals surface area contributed by atoms with Gasteiger partial charge in [0.25, 0.3) is 0 Å². The maximum Gasteiger partial charge on any atom is 0.242 e. The Labute approximate surface area is 160 Å². The molecule has 2 heterocycles. The van der Waals surface area contributed by atoms with Crippen molar-refractivity contribution in [1.29, 1.82) is 0 Å². The molecule has 0 saturated heterocycles. The molecule has 2 aromatic rings. The Morgan fingerprint density at radius 3 is 2.59 bits per heavy atom. The Morgan fingerprint density at radius 2 is 1.89 bits per heavy atom. The fraction of sp³-hybridized carbons (Fsp3) is 0.409. The van der Waals surface area contributed by atoms with Gasteiger partial charge in [-0.3, -0.25) is 14.6 Å². The van der Waals surface area contributed by atoms with Crippen molar-refractivity contribution in [2.45, 2.75) is 38.6 Å².